The predicted octanol–water partition coefficient (Wildman–Crippen LogP) is 4.17. The second kappa shape index (κ2) is 8.35. The number of nitrogens with zero attached hydrogens (tertiary/aromatic N) is 3. The molecule has 0 aliphatic rings. The van der Waals surface area contributed by atoms with E-state index in [0.717, 1.165) is 12.0 Å². The van der Waals surface area contributed by atoms with Crippen molar-refractivity contribution >= 4 is 15.8 Å². The Balaban J connectivity index is 1.95. The zero-order chi connectivity index (χ0) is 22.9. The summed E-state index contributed by atoms with van der Waals surface area (Å²) in [6, 6.07) is 17.6. The quantitative estimate of drug-likeness (QED) is 0.472. The highest BCUT2D eigenvalue weighted by Gasteiger charge is 2.29. The number of benzene rings is 3. The minimum absolute atomic E-state index is 0.00242. The lowest BCUT2D eigenvalue weighted by molar-refractivity contribution is 0.0697. The van der Waals surface area contributed by atoms with Crippen LogP contribution in [0.15, 0.2) is 82.7 Å². The molecule has 0 fully saturated rings. The van der Waals surface area contributed by atoms with Crippen LogP contribution in [0.3, 0.4) is 0 Å². The molecule has 0 aliphatic heterocycles. The van der Waals surface area contributed by atoms with Gasteiger partial charge in [0.2, 0.25) is 14.9 Å². The SMILES string of the molecule is CCc1ccc(S(=O)(=O)c2nnn(-c3cccc(C(=O)O)c3)c2-c2ccc(F)cc2)cc1. The topological polar surface area (TPSA) is 102 Å². The zero-order valence-corrected chi connectivity index (χ0v) is 17.8. The Bertz CT molecular complexity index is 1400. The van der Waals surface area contributed by atoms with Crippen molar-refractivity contribution in [3.8, 4) is 16.9 Å². The number of sulfone groups is 1. The van der Waals surface area contributed by atoms with Crippen molar-refractivity contribution in [1.82, 2.24) is 15.0 Å². The standard InChI is InChI=1S/C23H18FN3O4S/c1-2-15-6-12-20(13-7-15)32(30,31)22-21(16-8-10-18(24)11-9-16)27(26-25-22)19-5-3-4-17(14-19)23(28)29/h3-14H,2H2,1H3,(H,28,29). The van der Waals surface area contributed by atoms with Crippen molar-refractivity contribution in [2.24, 2.45) is 0 Å². The Hall–Kier alpha value is -3.85. The summed E-state index contributed by atoms with van der Waals surface area (Å²) in [7, 11) is -4.07. The molecular weight excluding hydrogens is 433 g/mol. The van der Waals surface area contributed by atoms with E-state index in [9.17, 15) is 22.7 Å². The van der Waals surface area contributed by atoms with E-state index in [-0.39, 0.29) is 21.2 Å². The van der Waals surface area contributed by atoms with Gasteiger partial charge in [-0.25, -0.2) is 22.3 Å². The summed E-state index contributed by atoms with van der Waals surface area (Å²) in [5, 5.41) is 17.0. The highest BCUT2D eigenvalue weighted by atomic mass is 32.2. The number of halogens is 1. The van der Waals surface area contributed by atoms with Crippen LogP contribution in [0, 0.1) is 5.82 Å². The number of carboxylic acid groups (broad SMARTS) is 1. The molecule has 7 nitrogen and oxygen atoms in total. The fourth-order valence-corrected chi connectivity index (χ4v) is 4.59. The van der Waals surface area contributed by atoms with Crippen LogP contribution in [-0.2, 0) is 16.3 Å². The van der Waals surface area contributed by atoms with E-state index in [1.165, 1.54) is 59.3 Å². The van der Waals surface area contributed by atoms with E-state index in [1.54, 1.807) is 18.2 Å². The summed E-state index contributed by atoms with van der Waals surface area (Å²) >= 11 is 0. The van der Waals surface area contributed by atoms with E-state index in [4.69, 9.17) is 0 Å². The number of carbonyl (C=O) groups is 1. The molecule has 0 spiro atoms. The van der Waals surface area contributed by atoms with Gasteiger partial charge in [-0.2, -0.15) is 0 Å². The number of aromatic carboxylic acids is 1. The lowest BCUT2D eigenvalue weighted by Gasteiger charge is -2.10. The first-order chi connectivity index (χ1) is 15.3. The molecule has 0 bridgehead atoms. The molecule has 4 rings (SSSR count). The number of carboxylic acids is 1. The van der Waals surface area contributed by atoms with Crippen LogP contribution in [0.1, 0.15) is 22.8 Å². The van der Waals surface area contributed by atoms with Crippen LogP contribution in [0.25, 0.3) is 16.9 Å². The third-order valence-electron chi connectivity index (χ3n) is 4.99. The first kappa shape index (κ1) is 21.4. The van der Waals surface area contributed by atoms with E-state index >= 15 is 0 Å². The van der Waals surface area contributed by atoms with Crippen molar-refractivity contribution in [1.29, 1.82) is 0 Å². The minimum Gasteiger partial charge on any atom is -0.478 e. The van der Waals surface area contributed by atoms with Gasteiger partial charge in [-0.05, 0) is 66.6 Å². The van der Waals surface area contributed by atoms with Crippen molar-refractivity contribution in [3.05, 3.63) is 89.7 Å². The molecule has 0 atom stereocenters. The third-order valence-corrected chi connectivity index (χ3v) is 6.67. The Labute approximate surface area is 183 Å². The van der Waals surface area contributed by atoms with Crippen LogP contribution in [0.5, 0.6) is 0 Å². The van der Waals surface area contributed by atoms with Crippen LogP contribution in [0.4, 0.5) is 4.39 Å². The van der Waals surface area contributed by atoms with Gasteiger partial charge in [0.1, 0.15) is 11.5 Å². The summed E-state index contributed by atoms with van der Waals surface area (Å²) < 4.78 is 41.6. The van der Waals surface area contributed by atoms with Crippen molar-refractivity contribution in [2.75, 3.05) is 0 Å². The third kappa shape index (κ3) is 3.90. The average molecular weight is 451 g/mol. The number of aromatic nitrogens is 3. The molecule has 0 unspecified atom stereocenters. The van der Waals surface area contributed by atoms with Gasteiger partial charge in [0.25, 0.3) is 0 Å². The molecule has 162 valence electrons. The second-order valence-electron chi connectivity index (χ2n) is 7.02. The Morgan fingerprint density at radius 2 is 1.72 bits per heavy atom. The Morgan fingerprint density at radius 3 is 2.34 bits per heavy atom. The van der Waals surface area contributed by atoms with Gasteiger partial charge >= 0.3 is 5.97 Å². The molecule has 1 aromatic heterocycles. The van der Waals surface area contributed by atoms with E-state index in [0.29, 0.717) is 11.3 Å². The van der Waals surface area contributed by atoms with Gasteiger partial charge in [0, 0.05) is 5.56 Å². The minimum atomic E-state index is -4.07. The van der Waals surface area contributed by atoms with Crippen molar-refractivity contribution in [3.63, 3.8) is 0 Å². The lowest BCUT2D eigenvalue weighted by Crippen LogP contribution is -2.07. The molecule has 0 saturated heterocycles. The van der Waals surface area contributed by atoms with Crippen molar-refractivity contribution in [2.45, 2.75) is 23.3 Å². The zero-order valence-electron chi connectivity index (χ0n) is 16.9. The molecule has 0 saturated carbocycles. The van der Waals surface area contributed by atoms with E-state index in [1.807, 2.05) is 6.92 Å². The molecule has 0 radical (unpaired) electrons. The van der Waals surface area contributed by atoms with Gasteiger partial charge in [-0.3, -0.25) is 0 Å². The summed E-state index contributed by atoms with van der Waals surface area (Å²) in [6.07, 6.45) is 0.761. The molecule has 1 heterocycles. The average Bonchev–Trinajstić information content (AvgIpc) is 3.26. The molecule has 0 aliphatic carbocycles. The summed E-state index contributed by atoms with van der Waals surface area (Å²) in [6.45, 7) is 1.97. The molecule has 4 aromatic rings. The van der Waals surface area contributed by atoms with Crippen LogP contribution >= 0.6 is 0 Å². The normalized spacial score (nSPS) is 11.4. The van der Waals surface area contributed by atoms with Gasteiger partial charge in [-0.1, -0.05) is 30.3 Å². The van der Waals surface area contributed by atoms with Crippen LogP contribution in [-0.4, -0.2) is 34.5 Å². The first-order valence-corrected chi connectivity index (χ1v) is 11.2. The number of rotatable bonds is 6. The number of hydrogen-bond acceptors (Lipinski definition) is 5. The molecule has 32 heavy (non-hydrogen) atoms. The van der Waals surface area contributed by atoms with Gasteiger partial charge in [-0.15, -0.1) is 5.10 Å². The monoisotopic (exact) mass is 451 g/mol. The van der Waals surface area contributed by atoms with E-state index < -0.39 is 21.6 Å². The number of hydrogen-bond donors (Lipinski definition) is 1. The molecule has 0 amide bonds. The number of aryl methyl sites for hydroxylation is 1. The Morgan fingerprint density at radius 1 is 1.03 bits per heavy atom. The smallest absolute Gasteiger partial charge is 0.335 e. The maximum absolute atomic E-state index is 13.5. The summed E-state index contributed by atoms with van der Waals surface area (Å²) in [4.78, 5) is 11.4. The second-order valence-corrected chi connectivity index (χ2v) is 8.88. The van der Waals surface area contributed by atoms with Crippen molar-refractivity contribution < 1.29 is 22.7 Å². The van der Waals surface area contributed by atoms with Gasteiger partial charge in [0.15, 0.2) is 0 Å². The summed E-state index contributed by atoms with van der Waals surface area (Å²) in [5.74, 6) is -1.63. The Kier molecular flexibility index (Phi) is 5.58. The van der Waals surface area contributed by atoms with E-state index in [2.05, 4.69) is 10.3 Å². The summed E-state index contributed by atoms with van der Waals surface area (Å²) in [5.41, 5.74) is 1.76. The molecule has 1 N–H and O–H groups in total. The lowest BCUT2D eigenvalue weighted by atomic mass is 10.1. The first-order valence-electron chi connectivity index (χ1n) is 9.70. The molecular formula is C23H18FN3O4S. The largest absolute Gasteiger partial charge is 0.478 e. The fraction of sp³-hybridized carbons (Fsp3) is 0.0870. The van der Waals surface area contributed by atoms with Crippen LogP contribution < -0.4 is 0 Å². The fourth-order valence-electron chi connectivity index (χ4n) is 3.27. The maximum Gasteiger partial charge on any atom is 0.335 e. The highest BCUT2D eigenvalue weighted by Crippen LogP contribution is 2.32. The molecule has 9 heteroatoms. The predicted molar refractivity (Wildman–Crippen MR) is 115 cm³/mol. The maximum atomic E-state index is 13.5. The molecule has 3 aromatic carbocycles. The van der Waals surface area contributed by atoms with Crippen LogP contribution in [0.2, 0.25) is 0 Å². The van der Waals surface area contributed by atoms with Gasteiger partial charge in [0.05, 0.1) is 16.1 Å². The van der Waals surface area contributed by atoms with Gasteiger partial charge < -0.3 is 5.11 Å². The highest BCUT2D eigenvalue weighted by molar-refractivity contribution is 7.91.